The first-order valence-electron chi connectivity index (χ1n) is 8.73. The van der Waals surface area contributed by atoms with Gasteiger partial charge in [0.25, 0.3) is 5.91 Å². The third kappa shape index (κ3) is 2.91. The molecule has 0 saturated carbocycles. The number of amides is 1. The predicted molar refractivity (Wildman–Crippen MR) is 111 cm³/mol. The second kappa shape index (κ2) is 6.54. The second-order valence-electron chi connectivity index (χ2n) is 6.47. The Morgan fingerprint density at radius 2 is 2.07 bits per heavy atom. The van der Waals surface area contributed by atoms with Crippen LogP contribution in [-0.4, -0.2) is 25.3 Å². The number of hydrogen-bond donors (Lipinski definition) is 1. The number of nitrogens with one attached hydrogen (secondary N) is 1. The summed E-state index contributed by atoms with van der Waals surface area (Å²) in [5.74, 6) is 0.494. The summed E-state index contributed by atoms with van der Waals surface area (Å²) in [5.41, 5.74) is 6.77. The zero-order valence-electron chi connectivity index (χ0n) is 15.0. The number of imidazole rings is 1. The van der Waals surface area contributed by atoms with Crippen LogP contribution in [0.15, 0.2) is 66.6 Å². The number of hydrogen-bond acceptors (Lipinski definition) is 5. The summed E-state index contributed by atoms with van der Waals surface area (Å²) >= 11 is 1.52. The van der Waals surface area contributed by atoms with Crippen molar-refractivity contribution in [3.8, 4) is 11.3 Å². The normalized spacial score (nSPS) is 11.2. The third-order valence-electron chi connectivity index (χ3n) is 4.61. The van der Waals surface area contributed by atoms with Crippen LogP contribution >= 0.6 is 11.3 Å². The van der Waals surface area contributed by atoms with E-state index in [1.807, 2.05) is 60.1 Å². The predicted octanol–water partition coefficient (Wildman–Crippen LogP) is 4.57. The molecule has 0 atom stereocenters. The Bertz CT molecular complexity index is 1300. The summed E-state index contributed by atoms with van der Waals surface area (Å²) in [6.07, 6.45) is 5.55. The lowest BCUT2D eigenvalue weighted by Gasteiger charge is -2.10. The summed E-state index contributed by atoms with van der Waals surface area (Å²) in [4.78, 5) is 25.8. The van der Waals surface area contributed by atoms with Crippen molar-refractivity contribution in [1.29, 1.82) is 0 Å². The first-order chi connectivity index (χ1) is 13.7. The van der Waals surface area contributed by atoms with Crippen LogP contribution in [0, 0.1) is 6.92 Å². The van der Waals surface area contributed by atoms with Crippen LogP contribution < -0.4 is 5.32 Å². The topological polar surface area (TPSA) is 72.2 Å². The molecular weight excluding hydrogens is 370 g/mol. The number of carbonyl (C=O) groups is 1. The van der Waals surface area contributed by atoms with E-state index in [1.165, 1.54) is 11.3 Å². The summed E-state index contributed by atoms with van der Waals surface area (Å²) in [6, 6.07) is 13.3. The van der Waals surface area contributed by atoms with Gasteiger partial charge in [0.2, 0.25) is 5.78 Å². The molecule has 0 bridgehead atoms. The Kier molecular flexibility index (Phi) is 3.87. The van der Waals surface area contributed by atoms with E-state index in [4.69, 9.17) is 0 Å². The quantitative estimate of drug-likeness (QED) is 0.494. The molecular formula is C21H15N5OS. The van der Waals surface area contributed by atoms with Gasteiger partial charge in [-0.3, -0.25) is 9.20 Å². The van der Waals surface area contributed by atoms with Crippen molar-refractivity contribution in [1.82, 2.24) is 19.4 Å². The number of anilines is 1. The molecule has 0 unspecified atom stereocenters. The highest BCUT2D eigenvalue weighted by molar-refractivity contribution is 7.16. The van der Waals surface area contributed by atoms with E-state index in [2.05, 4.69) is 20.3 Å². The number of thiazole rings is 1. The largest absolute Gasteiger partial charge is 0.322 e. The molecule has 0 radical (unpaired) electrons. The van der Waals surface area contributed by atoms with Crippen molar-refractivity contribution >= 4 is 38.9 Å². The van der Waals surface area contributed by atoms with Crippen molar-refractivity contribution in [3.05, 3.63) is 77.7 Å². The number of rotatable bonds is 3. The summed E-state index contributed by atoms with van der Waals surface area (Å²) in [6.45, 7) is 1.97. The zero-order chi connectivity index (χ0) is 19.1. The van der Waals surface area contributed by atoms with Gasteiger partial charge < -0.3 is 5.32 Å². The van der Waals surface area contributed by atoms with E-state index < -0.39 is 0 Å². The molecule has 136 valence electrons. The highest BCUT2D eigenvalue weighted by Gasteiger charge is 2.12. The Morgan fingerprint density at radius 1 is 1.14 bits per heavy atom. The monoisotopic (exact) mass is 385 g/mol. The maximum atomic E-state index is 12.8. The van der Waals surface area contributed by atoms with Gasteiger partial charge in [-0.1, -0.05) is 12.1 Å². The number of fused-ring (bicyclic) bond motifs is 2. The minimum Gasteiger partial charge on any atom is -0.322 e. The molecule has 3 heterocycles. The lowest BCUT2D eigenvalue weighted by Crippen LogP contribution is -2.12. The molecule has 0 aliphatic heterocycles. The molecule has 1 amide bonds. The number of benzene rings is 2. The van der Waals surface area contributed by atoms with Gasteiger partial charge in [-0.15, -0.1) is 11.3 Å². The van der Waals surface area contributed by atoms with Gasteiger partial charge in [-0.05, 0) is 42.8 Å². The fourth-order valence-electron chi connectivity index (χ4n) is 3.08. The molecule has 5 rings (SSSR count). The minimum absolute atomic E-state index is 0.146. The maximum Gasteiger partial charge on any atom is 0.255 e. The molecule has 2 aromatic carbocycles. The van der Waals surface area contributed by atoms with Gasteiger partial charge in [0.15, 0.2) is 0 Å². The minimum atomic E-state index is -0.146. The van der Waals surface area contributed by atoms with E-state index >= 15 is 0 Å². The van der Waals surface area contributed by atoms with Crippen molar-refractivity contribution in [3.63, 3.8) is 0 Å². The van der Waals surface area contributed by atoms with Gasteiger partial charge in [-0.25, -0.2) is 15.0 Å². The van der Waals surface area contributed by atoms with Crippen LogP contribution in [0.25, 0.3) is 27.3 Å². The SMILES string of the molecule is Cc1ccc(-c2cn3cccnc3n2)cc1NC(=O)c1ccc2ncsc2c1. The molecule has 0 saturated heterocycles. The molecule has 0 aliphatic carbocycles. The fourth-order valence-corrected chi connectivity index (χ4v) is 3.79. The Balaban J connectivity index is 1.47. The van der Waals surface area contributed by atoms with Gasteiger partial charge in [0, 0.05) is 35.4 Å². The lowest BCUT2D eigenvalue weighted by atomic mass is 10.1. The Morgan fingerprint density at radius 3 is 2.96 bits per heavy atom. The van der Waals surface area contributed by atoms with E-state index in [9.17, 15) is 4.79 Å². The van der Waals surface area contributed by atoms with Crippen LogP contribution in [-0.2, 0) is 0 Å². The van der Waals surface area contributed by atoms with Crippen LogP contribution in [0.4, 0.5) is 5.69 Å². The summed E-state index contributed by atoms with van der Waals surface area (Å²) in [5, 5.41) is 3.02. The van der Waals surface area contributed by atoms with Gasteiger partial charge in [0.05, 0.1) is 21.4 Å². The number of aryl methyl sites for hydroxylation is 1. The Hall–Kier alpha value is -3.58. The maximum absolute atomic E-state index is 12.8. The zero-order valence-corrected chi connectivity index (χ0v) is 15.8. The van der Waals surface area contributed by atoms with E-state index in [1.54, 1.807) is 17.8 Å². The molecule has 7 heteroatoms. The highest BCUT2D eigenvalue weighted by Crippen LogP contribution is 2.26. The fraction of sp³-hybridized carbons (Fsp3) is 0.0476. The third-order valence-corrected chi connectivity index (χ3v) is 5.40. The molecule has 1 N–H and O–H groups in total. The van der Waals surface area contributed by atoms with Crippen LogP contribution in [0.1, 0.15) is 15.9 Å². The van der Waals surface area contributed by atoms with Crippen LogP contribution in [0.3, 0.4) is 0 Å². The molecule has 5 aromatic rings. The van der Waals surface area contributed by atoms with Crippen molar-refractivity contribution in [2.24, 2.45) is 0 Å². The summed E-state index contributed by atoms with van der Waals surface area (Å²) < 4.78 is 2.87. The molecule has 6 nitrogen and oxygen atoms in total. The van der Waals surface area contributed by atoms with Gasteiger partial charge in [0.1, 0.15) is 0 Å². The second-order valence-corrected chi connectivity index (χ2v) is 7.36. The molecule has 28 heavy (non-hydrogen) atoms. The highest BCUT2D eigenvalue weighted by atomic mass is 32.1. The smallest absolute Gasteiger partial charge is 0.255 e. The molecule has 0 fully saturated rings. The number of nitrogens with zero attached hydrogens (tertiary/aromatic N) is 4. The average Bonchev–Trinajstić information content (AvgIpc) is 3.35. The van der Waals surface area contributed by atoms with Crippen molar-refractivity contribution in [2.45, 2.75) is 6.92 Å². The summed E-state index contributed by atoms with van der Waals surface area (Å²) in [7, 11) is 0. The lowest BCUT2D eigenvalue weighted by molar-refractivity contribution is 0.102. The van der Waals surface area contributed by atoms with Gasteiger partial charge >= 0.3 is 0 Å². The van der Waals surface area contributed by atoms with Crippen molar-refractivity contribution in [2.75, 3.05) is 5.32 Å². The van der Waals surface area contributed by atoms with E-state index in [-0.39, 0.29) is 5.91 Å². The first kappa shape index (κ1) is 16.6. The first-order valence-corrected chi connectivity index (χ1v) is 9.61. The standard InChI is InChI=1S/C21H15N5OS/c1-13-3-4-14(18-11-26-8-2-7-22-21(26)25-18)9-17(13)24-20(27)15-5-6-16-19(10-15)28-12-23-16/h2-12H,1H3,(H,24,27). The molecule has 3 aromatic heterocycles. The van der Waals surface area contributed by atoms with Crippen LogP contribution in [0.2, 0.25) is 0 Å². The molecule has 0 spiro atoms. The Labute approximate surface area is 164 Å². The number of carbonyl (C=O) groups excluding carboxylic acids is 1. The van der Waals surface area contributed by atoms with E-state index in [0.717, 1.165) is 32.7 Å². The van der Waals surface area contributed by atoms with E-state index in [0.29, 0.717) is 11.3 Å². The molecule has 0 aliphatic rings. The van der Waals surface area contributed by atoms with Crippen LogP contribution in [0.5, 0.6) is 0 Å². The van der Waals surface area contributed by atoms with Gasteiger partial charge in [-0.2, -0.15) is 0 Å². The average molecular weight is 385 g/mol. The number of aromatic nitrogens is 4. The van der Waals surface area contributed by atoms with Crippen molar-refractivity contribution < 1.29 is 4.79 Å².